The summed E-state index contributed by atoms with van der Waals surface area (Å²) >= 11 is 0. The van der Waals surface area contributed by atoms with Gasteiger partial charge in [-0.15, -0.1) is 0 Å². The molecule has 2 N–H and O–H groups in total. The third-order valence-electron chi connectivity index (χ3n) is 3.15. The Bertz CT molecular complexity index is 546. The highest BCUT2D eigenvalue weighted by atomic mass is 16.3. The van der Waals surface area contributed by atoms with Gasteiger partial charge in [0.15, 0.2) is 5.96 Å². The Morgan fingerprint density at radius 3 is 2.62 bits per heavy atom. The first-order valence-corrected chi connectivity index (χ1v) is 7.16. The lowest BCUT2D eigenvalue weighted by Gasteiger charge is -2.11. The first-order valence-electron chi connectivity index (χ1n) is 7.16. The van der Waals surface area contributed by atoms with E-state index in [0.29, 0.717) is 0 Å². The fraction of sp³-hybridized carbons (Fsp3) is 0.375. The molecular weight excluding hydrogens is 264 g/mol. The maximum absolute atomic E-state index is 5.29. The zero-order chi connectivity index (χ0) is 14.9. The quantitative estimate of drug-likeness (QED) is 0.629. The van der Waals surface area contributed by atoms with Gasteiger partial charge in [0, 0.05) is 38.4 Å². The van der Waals surface area contributed by atoms with Crippen LogP contribution in [0.2, 0.25) is 0 Å². The monoisotopic (exact) mass is 286 g/mol. The van der Waals surface area contributed by atoms with Gasteiger partial charge in [-0.1, -0.05) is 6.07 Å². The first kappa shape index (κ1) is 15.1. The van der Waals surface area contributed by atoms with Crippen molar-refractivity contribution in [1.29, 1.82) is 0 Å². The van der Waals surface area contributed by atoms with Crippen LogP contribution in [0.25, 0.3) is 0 Å². The van der Waals surface area contributed by atoms with Crippen LogP contribution in [0.4, 0.5) is 0 Å². The number of aromatic nitrogens is 1. The average molecular weight is 286 g/mol. The number of pyridine rings is 1. The molecule has 0 bridgehead atoms. The van der Waals surface area contributed by atoms with Gasteiger partial charge in [0.2, 0.25) is 0 Å². The van der Waals surface area contributed by atoms with Crippen LogP contribution in [0.15, 0.2) is 46.1 Å². The molecule has 2 aromatic heterocycles. The molecule has 0 radical (unpaired) electrons. The van der Waals surface area contributed by atoms with Gasteiger partial charge in [-0.05, 0) is 37.1 Å². The molecule has 5 nitrogen and oxygen atoms in total. The summed E-state index contributed by atoms with van der Waals surface area (Å²) in [6.45, 7) is 3.61. The molecule has 0 amide bonds. The van der Waals surface area contributed by atoms with Crippen molar-refractivity contribution < 1.29 is 4.42 Å². The molecule has 0 aliphatic carbocycles. The van der Waals surface area contributed by atoms with E-state index in [1.165, 1.54) is 5.56 Å². The third-order valence-corrected chi connectivity index (χ3v) is 3.15. The first-order chi connectivity index (χ1) is 10.3. The zero-order valence-corrected chi connectivity index (χ0v) is 12.6. The summed E-state index contributed by atoms with van der Waals surface area (Å²) in [5.41, 5.74) is 2.27. The summed E-state index contributed by atoms with van der Waals surface area (Å²) < 4.78 is 5.29. The Kier molecular flexibility index (Phi) is 5.82. The number of nitrogens with one attached hydrogen (secondary N) is 2. The van der Waals surface area contributed by atoms with Crippen LogP contribution in [-0.4, -0.2) is 31.1 Å². The van der Waals surface area contributed by atoms with E-state index in [2.05, 4.69) is 26.7 Å². The van der Waals surface area contributed by atoms with E-state index in [0.717, 1.165) is 43.3 Å². The molecule has 0 saturated carbocycles. The predicted molar refractivity (Wildman–Crippen MR) is 84.5 cm³/mol. The molecule has 2 heterocycles. The molecule has 0 unspecified atom stereocenters. The van der Waals surface area contributed by atoms with E-state index < -0.39 is 0 Å². The molecule has 0 fully saturated rings. The van der Waals surface area contributed by atoms with Crippen LogP contribution in [0.3, 0.4) is 0 Å². The van der Waals surface area contributed by atoms with Crippen molar-refractivity contribution >= 4 is 5.96 Å². The van der Waals surface area contributed by atoms with Crippen LogP contribution in [-0.2, 0) is 12.8 Å². The van der Waals surface area contributed by atoms with Crippen LogP contribution >= 0.6 is 0 Å². The fourth-order valence-corrected chi connectivity index (χ4v) is 1.95. The molecule has 0 aromatic carbocycles. The van der Waals surface area contributed by atoms with Crippen molar-refractivity contribution in [3.8, 4) is 0 Å². The van der Waals surface area contributed by atoms with E-state index in [1.807, 2.05) is 31.3 Å². The van der Waals surface area contributed by atoms with Gasteiger partial charge in [0.05, 0.1) is 6.26 Å². The fourth-order valence-electron chi connectivity index (χ4n) is 1.95. The number of hydrogen-bond donors (Lipinski definition) is 2. The molecule has 0 spiro atoms. The van der Waals surface area contributed by atoms with Gasteiger partial charge in [-0.25, -0.2) is 0 Å². The minimum absolute atomic E-state index is 0.791. The Balaban J connectivity index is 1.66. The minimum atomic E-state index is 0.791. The average Bonchev–Trinajstić information content (AvgIpc) is 3.01. The van der Waals surface area contributed by atoms with Crippen molar-refractivity contribution in [1.82, 2.24) is 15.6 Å². The Morgan fingerprint density at radius 1 is 1.19 bits per heavy atom. The smallest absolute Gasteiger partial charge is 0.191 e. The van der Waals surface area contributed by atoms with E-state index in [-0.39, 0.29) is 0 Å². The van der Waals surface area contributed by atoms with Gasteiger partial charge in [0.1, 0.15) is 5.76 Å². The molecule has 0 aliphatic heterocycles. The number of aryl methyl sites for hydroxylation is 1. The number of nitrogens with zero attached hydrogens (tertiary/aromatic N) is 2. The van der Waals surface area contributed by atoms with Gasteiger partial charge >= 0.3 is 0 Å². The van der Waals surface area contributed by atoms with Crippen molar-refractivity contribution in [2.45, 2.75) is 19.8 Å². The highest BCUT2D eigenvalue weighted by Crippen LogP contribution is 2.00. The summed E-state index contributed by atoms with van der Waals surface area (Å²) in [7, 11) is 1.77. The van der Waals surface area contributed by atoms with E-state index in [1.54, 1.807) is 13.3 Å². The minimum Gasteiger partial charge on any atom is -0.469 e. The third kappa shape index (κ3) is 5.30. The van der Waals surface area contributed by atoms with Crippen molar-refractivity contribution in [3.05, 3.63) is 53.7 Å². The molecule has 2 rings (SSSR count). The van der Waals surface area contributed by atoms with Crippen molar-refractivity contribution in [2.75, 3.05) is 20.1 Å². The van der Waals surface area contributed by atoms with Crippen LogP contribution in [0.5, 0.6) is 0 Å². The number of rotatable bonds is 6. The van der Waals surface area contributed by atoms with Crippen LogP contribution in [0.1, 0.15) is 17.0 Å². The maximum Gasteiger partial charge on any atom is 0.191 e. The number of guanidine groups is 1. The highest BCUT2D eigenvalue weighted by Gasteiger charge is 2.00. The molecule has 0 atom stereocenters. The summed E-state index contributed by atoms with van der Waals surface area (Å²) in [4.78, 5) is 8.49. The molecule has 0 saturated heterocycles. The summed E-state index contributed by atoms with van der Waals surface area (Å²) in [5, 5.41) is 6.56. The molecular formula is C16H22N4O. The topological polar surface area (TPSA) is 62.5 Å². The van der Waals surface area contributed by atoms with Crippen LogP contribution < -0.4 is 10.6 Å². The van der Waals surface area contributed by atoms with Gasteiger partial charge < -0.3 is 15.1 Å². The number of hydrogen-bond acceptors (Lipinski definition) is 3. The lowest BCUT2D eigenvalue weighted by Crippen LogP contribution is -2.39. The number of furan rings is 1. The zero-order valence-electron chi connectivity index (χ0n) is 12.6. The predicted octanol–water partition coefficient (Wildman–Crippen LogP) is 1.93. The van der Waals surface area contributed by atoms with Gasteiger partial charge in [-0.2, -0.15) is 0 Å². The second-order valence-corrected chi connectivity index (χ2v) is 4.81. The normalized spacial score (nSPS) is 11.4. The highest BCUT2D eigenvalue weighted by molar-refractivity contribution is 5.79. The van der Waals surface area contributed by atoms with Crippen LogP contribution in [0, 0.1) is 6.92 Å². The Morgan fingerprint density at radius 2 is 2.00 bits per heavy atom. The molecule has 2 aromatic rings. The second kappa shape index (κ2) is 8.09. The van der Waals surface area contributed by atoms with E-state index in [9.17, 15) is 0 Å². The van der Waals surface area contributed by atoms with Crippen molar-refractivity contribution in [3.63, 3.8) is 0 Å². The molecule has 21 heavy (non-hydrogen) atoms. The Labute approximate surface area is 125 Å². The largest absolute Gasteiger partial charge is 0.469 e. The lowest BCUT2D eigenvalue weighted by molar-refractivity contribution is 0.507. The summed E-state index contributed by atoms with van der Waals surface area (Å²) in [5.74, 6) is 1.78. The molecule has 112 valence electrons. The van der Waals surface area contributed by atoms with Gasteiger partial charge in [-0.3, -0.25) is 9.98 Å². The summed E-state index contributed by atoms with van der Waals surface area (Å²) in [6.07, 6.45) is 5.38. The maximum atomic E-state index is 5.29. The summed E-state index contributed by atoms with van der Waals surface area (Å²) in [6, 6.07) is 8.02. The standard InChI is InChI=1S/C16H22N4O/c1-13-5-6-14(12-20-13)7-9-18-16(17-2)19-10-8-15-4-3-11-21-15/h3-6,11-12H,7-10H2,1-2H3,(H2,17,18,19). The van der Waals surface area contributed by atoms with Crippen molar-refractivity contribution in [2.24, 2.45) is 4.99 Å². The number of aliphatic imine (C=N–C) groups is 1. The molecule has 5 heteroatoms. The Hall–Kier alpha value is -2.30. The van der Waals surface area contributed by atoms with E-state index in [4.69, 9.17) is 4.42 Å². The van der Waals surface area contributed by atoms with E-state index >= 15 is 0 Å². The lowest BCUT2D eigenvalue weighted by atomic mass is 10.2. The van der Waals surface area contributed by atoms with Gasteiger partial charge in [0.25, 0.3) is 0 Å². The SMILES string of the molecule is CN=C(NCCc1ccc(C)nc1)NCCc1ccco1. The second-order valence-electron chi connectivity index (χ2n) is 4.81. The molecule has 0 aliphatic rings.